The Morgan fingerprint density at radius 3 is 2.52 bits per heavy atom. The number of hydrogen-bond donors (Lipinski definition) is 0. The molecular formula is C20H37NO2. The van der Waals surface area contributed by atoms with E-state index in [1.807, 2.05) is 6.08 Å². The van der Waals surface area contributed by atoms with E-state index in [2.05, 4.69) is 39.2 Å². The minimum Gasteiger partial charge on any atom is -0.347 e. The van der Waals surface area contributed by atoms with Crippen molar-refractivity contribution in [1.82, 2.24) is 4.90 Å². The molecule has 2 rings (SSSR count). The van der Waals surface area contributed by atoms with Crippen LogP contribution in [0.3, 0.4) is 0 Å². The quantitative estimate of drug-likeness (QED) is 0.608. The second-order valence-electron chi connectivity index (χ2n) is 8.05. The average Bonchev–Trinajstić information content (AvgIpc) is 2.94. The molecule has 1 saturated heterocycles. The van der Waals surface area contributed by atoms with Crippen molar-refractivity contribution in [2.45, 2.75) is 78.1 Å². The number of nitrogens with zero attached hydrogens (tertiary/aromatic N) is 1. The Kier molecular flexibility index (Phi) is 6.70. The van der Waals surface area contributed by atoms with Crippen LogP contribution in [0.25, 0.3) is 0 Å². The third kappa shape index (κ3) is 4.80. The first-order valence-corrected chi connectivity index (χ1v) is 9.59. The first-order valence-electron chi connectivity index (χ1n) is 9.59. The molecule has 1 aliphatic heterocycles. The van der Waals surface area contributed by atoms with Crippen molar-refractivity contribution in [3.63, 3.8) is 0 Å². The summed E-state index contributed by atoms with van der Waals surface area (Å²) in [5.74, 6) is 0.549. The topological polar surface area (TPSA) is 21.7 Å². The molecule has 0 bridgehead atoms. The molecule has 2 aliphatic rings. The van der Waals surface area contributed by atoms with Crippen LogP contribution < -0.4 is 0 Å². The molecule has 1 atom stereocenters. The zero-order chi connectivity index (χ0) is 16.9. The lowest BCUT2D eigenvalue weighted by Crippen LogP contribution is -2.39. The number of rotatable bonds is 8. The molecule has 134 valence electrons. The third-order valence-corrected chi connectivity index (χ3v) is 6.28. The van der Waals surface area contributed by atoms with Crippen molar-refractivity contribution in [1.29, 1.82) is 0 Å². The first-order chi connectivity index (χ1) is 10.9. The summed E-state index contributed by atoms with van der Waals surface area (Å²) < 4.78 is 12.5. The first kappa shape index (κ1) is 19.0. The second kappa shape index (κ2) is 8.13. The summed E-state index contributed by atoms with van der Waals surface area (Å²) in [5, 5.41) is 0. The Morgan fingerprint density at radius 1 is 1.26 bits per heavy atom. The van der Waals surface area contributed by atoms with Crippen molar-refractivity contribution < 1.29 is 9.47 Å². The largest absolute Gasteiger partial charge is 0.347 e. The Balaban J connectivity index is 1.78. The second-order valence-corrected chi connectivity index (χ2v) is 8.05. The average molecular weight is 324 g/mol. The van der Waals surface area contributed by atoms with Gasteiger partial charge >= 0.3 is 0 Å². The van der Waals surface area contributed by atoms with Crippen molar-refractivity contribution in [3.8, 4) is 0 Å². The van der Waals surface area contributed by atoms with Crippen LogP contribution in [0, 0.1) is 11.3 Å². The highest BCUT2D eigenvalue weighted by atomic mass is 16.7. The summed E-state index contributed by atoms with van der Waals surface area (Å²) in [6.45, 7) is 17.0. The van der Waals surface area contributed by atoms with E-state index in [4.69, 9.17) is 9.47 Å². The van der Waals surface area contributed by atoms with Gasteiger partial charge in [0, 0.05) is 25.9 Å². The van der Waals surface area contributed by atoms with E-state index in [1.165, 1.54) is 19.3 Å². The zero-order valence-corrected chi connectivity index (χ0v) is 15.8. The molecule has 0 aromatic carbocycles. The molecule has 1 heterocycles. The number of ether oxygens (including phenoxy) is 2. The fraction of sp³-hybridized carbons (Fsp3) is 0.900. The van der Waals surface area contributed by atoms with Gasteiger partial charge in [-0.05, 0) is 37.1 Å². The van der Waals surface area contributed by atoms with Gasteiger partial charge in [-0.3, -0.25) is 4.90 Å². The van der Waals surface area contributed by atoms with Crippen LogP contribution in [0.4, 0.5) is 0 Å². The zero-order valence-electron chi connectivity index (χ0n) is 15.8. The lowest BCUT2D eigenvalue weighted by molar-refractivity contribution is -0.197. The van der Waals surface area contributed by atoms with Gasteiger partial charge in [-0.25, -0.2) is 0 Å². The Labute approximate surface area is 143 Å². The summed E-state index contributed by atoms with van der Waals surface area (Å²) in [6.07, 6.45) is 9.19. The standard InChI is InChI=1S/C20H37NO2/c1-6-14-21(8-3)15-11-18-16-22-20(23-18)12-9-17(10-13-20)19(4,5)7-2/h6,17-18H,1,7-16H2,2-5H3. The molecule has 0 amide bonds. The number of hydrogen-bond acceptors (Lipinski definition) is 3. The summed E-state index contributed by atoms with van der Waals surface area (Å²) >= 11 is 0. The van der Waals surface area contributed by atoms with E-state index in [9.17, 15) is 0 Å². The molecule has 3 heteroatoms. The van der Waals surface area contributed by atoms with Crippen LogP contribution in [0.1, 0.15) is 66.2 Å². The van der Waals surface area contributed by atoms with Gasteiger partial charge in [0.15, 0.2) is 5.79 Å². The van der Waals surface area contributed by atoms with Gasteiger partial charge in [0.1, 0.15) is 0 Å². The normalized spacial score (nSPS) is 31.9. The highest BCUT2D eigenvalue weighted by molar-refractivity contribution is 4.90. The highest BCUT2D eigenvalue weighted by Crippen LogP contribution is 2.47. The Hall–Kier alpha value is -0.380. The van der Waals surface area contributed by atoms with Gasteiger partial charge in [0.05, 0.1) is 12.7 Å². The number of likely N-dealkylation sites (N-methyl/N-ethyl adjacent to an activating group) is 1. The minimum atomic E-state index is -0.263. The van der Waals surface area contributed by atoms with E-state index < -0.39 is 0 Å². The fourth-order valence-corrected chi connectivity index (χ4v) is 4.04. The smallest absolute Gasteiger partial charge is 0.168 e. The van der Waals surface area contributed by atoms with Crippen molar-refractivity contribution >= 4 is 0 Å². The third-order valence-electron chi connectivity index (χ3n) is 6.28. The van der Waals surface area contributed by atoms with Gasteiger partial charge in [0.2, 0.25) is 0 Å². The summed E-state index contributed by atoms with van der Waals surface area (Å²) in [7, 11) is 0. The molecule has 3 nitrogen and oxygen atoms in total. The van der Waals surface area contributed by atoms with Gasteiger partial charge in [0.25, 0.3) is 0 Å². The molecule has 0 radical (unpaired) electrons. The van der Waals surface area contributed by atoms with Crippen LogP contribution in [0.15, 0.2) is 12.7 Å². The van der Waals surface area contributed by atoms with Crippen LogP contribution in [-0.2, 0) is 9.47 Å². The molecular weight excluding hydrogens is 286 g/mol. The van der Waals surface area contributed by atoms with Crippen LogP contribution >= 0.6 is 0 Å². The van der Waals surface area contributed by atoms with Gasteiger partial charge in [-0.2, -0.15) is 0 Å². The van der Waals surface area contributed by atoms with E-state index in [1.54, 1.807) is 0 Å². The SMILES string of the molecule is C=CCN(CC)CCC1COC2(CCC(C(C)(C)CC)CC2)O1. The maximum atomic E-state index is 6.38. The fourth-order valence-electron chi connectivity index (χ4n) is 4.04. The molecule has 1 spiro atoms. The molecule has 2 fully saturated rings. The van der Waals surface area contributed by atoms with Crippen LogP contribution in [-0.4, -0.2) is 43.0 Å². The van der Waals surface area contributed by atoms with E-state index in [-0.39, 0.29) is 11.9 Å². The molecule has 0 aromatic rings. The van der Waals surface area contributed by atoms with E-state index >= 15 is 0 Å². The molecule has 0 N–H and O–H groups in total. The molecule has 1 saturated carbocycles. The lowest BCUT2D eigenvalue weighted by atomic mass is 9.68. The predicted molar refractivity (Wildman–Crippen MR) is 96.5 cm³/mol. The van der Waals surface area contributed by atoms with E-state index in [0.29, 0.717) is 5.41 Å². The monoisotopic (exact) mass is 323 g/mol. The van der Waals surface area contributed by atoms with Crippen molar-refractivity contribution in [3.05, 3.63) is 12.7 Å². The van der Waals surface area contributed by atoms with Crippen LogP contribution in [0.2, 0.25) is 0 Å². The van der Waals surface area contributed by atoms with Gasteiger partial charge in [-0.15, -0.1) is 6.58 Å². The summed E-state index contributed by atoms with van der Waals surface area (Å²) in [4.78, 5) is 2.40. The minimum absolute atomic E-state index is 0.263. The van der Waals surface area contributed by atoms with Crippen molar-refractivity contribution in [2.75, 3.05) is 26.2 Å². The Bertz CT molecular complexity index is 372. The maximum absolute atomic E-state index is 6.38. The van der Waals surface area contributed by atoms with Gasteiger partial charge < -0.3 is 9.47 Å². The highest BCUT2D eigenvalue weighted by Gasteiger charge is 2.46. The summed E-state index contributed by atoms with van der Waals surface area (Å²) in [6, 6.07) is 0. The molecule has 1 aliphatic carbocycles. The van der Waals surface area contributed by atoms with Gasteiger partial charge in [-0.1, -0.05) is 40.2 Å². The Morgan fingerprint density at radius 2 is 1.96 bits per heavy atom. The predicted octanol–water partition coefficient (Wildman–Crippen LogP) is 4.62. The molecule has 1 unspecified atom stereocenters. The van der Waals surface area contributed by atoms with E-state index in [0.717, 1.165) is 51.4 Å². The summed E-state index contributed by atoms with van der Waals surface area (Å²) in [5.41, 5.74) is 0.450. The van der Waals surface area contributed by atoms with Crippen molar-refractivity contribution in [2.24, 2.45) is 11.3 Å². The maximum Gasteiger partial charge on any atom is 0.168 e. The lowest BCUT2D eigenvalue weighted by Gasteiger charge is -2.42. The molecule has 23 heavy (non-hydrogen) atoms. The molecule has 0 aromatic heterocycles. The van der Waals surface area contributed by atoms with Crippen LogP contribution in [0.5, 0.6) is 0 Å².